The van der Waals surface area contributed by atoms with Crippen molar-refractivity contribution in [3.63, 3.8) is 0 Å². The van der Waals surface area contributed by atoms with Crippen LogP contribution >= 0.6 is 0 Å². The van der Waals surface area contributed by atoms with Gasteiger partial charge in [-0.05, 0) is 42.9 Å². The zero-order valence-electron chi connectivity index (χ0n) is 22.1. The van der Waals surface area contributed by atoms with Gasteiger partial charge in [-0.15, -0.1) is 0 Å². The molecule has 3 heterocycles. The maximum atomic E-state index is 15.0. The van der Waals surface area contributed by atoms with E-state index in [9.17, 15) is 4.79 Å². The van der Waals surface area contributed by atoms with E-state index in [0.29, 0.717) is 29.9 Å². The van der Waals surface area contributed by atoms with E-state index in [1.54, 1.807) is 25.3 Å². The van der Waals surface area contributed by atoms with Crippen LogP contribution in [0.15, 0.2) is 54.9 Å². The van der Waals surface area contributed by atoms with Crippen molar-refractivity contribution in [3.05, 3.63) is 66.2 Å². The van der Waals surface area contributed by atoms with Gasteiger partial charge in [0.1, 0.15) is 12.4 Å². The molecule has 1 aliphatic heterocycles. The zero-order valence-corrected chi connectivity index (χ0v) is 22.1. The largest absolute Gasteiger partial charge is 0.491 e. The molecule has 0 spiro atoms. The molecule has 1 saturated heterocycles. The van der Waals surface area contributed by atoms with Crippen LogP contribution in [0.2, 0.25) is 0 Å². The van der Waals surface area contributed by atoms with Gasteiger partial charge in [-0.25, -0.2) is 9.37 Å². The molecule has 0 aliphatic carbocycles. The molecule has 0 bridgehead atoms. The highest BCUT2D eigenvalue weighted by Gasteiger charge is 2.19. The van der Waals surface area contributed by atoms with E-state index in [2.05, 4.69) is 38.1 Å². The second kappa shape index (κ2) is 11.7. The Labute approximate surface area is 226 Å². The normalized spacial score (nSPS) is 14.1. The van der Waals surface area contributed by atoms with Crippen LogP contribution in [0, 0.1) is 5.82 Å². The van der Waals surface area contributed by atoms with Crippen LogP contribution in [0.4, 0.5) is 21.7 Å². The Morgan fingerprint density at radius 3 is 2.69 bits per heavy atom. The fourth-order valence-electron chi connectivity index (χ4n) is 4.73. The Hall–Kier alpha value is -4.22. The van der Waals surface area contributed by atoms with Gasteiger partial charge in [0.15, 0.2) is 11.6 Å². The molecule has 1 aliphatic rings. The van der Waals surface area contributed by atoms with Crippen molar-refractivity contribution in [2.24, 2.45) is 5.73 Å². The van der Waals surface area contributed by atoms with Crippen LogP contribution in [-0.4, -0.2) is 78.4 Å². The number of hydrogen-bond donors (Lipinski definition) is 2. The highest BCUT2D eigenvalue weighted by molar-refractivity contribution is 6.07. The van der Waals surface area contributed by atoms with Gasteiger partial charge in [-0.2, -0.15) is 4.98 Å². The molecule has 204 valence electrons. The number of hydrogen-bond acceptors (Lipinski definition) is 8. The molecule has 2 aromatic carbocycles. The molecule has 10 nitrogen and oxygen atoms in total. The van der Waals surface area contributed by atoms with Gasteiger partial charge in [0.2, 0.25) is 5.95 Å². The minimum atomic E-state index is -0.642. The number of methoxy groups -OCH3 is 1. The number of piperazine rings is 1. The third kappa shape index (κ3) is 5.79. The Bertz CT molecular complexity index is 1470. The highest BCUT2D eigenvalue weighted by Crippen LogP contribution is 2.30. The zero-order chi connectivity index (χ0) is 27.4. The summed E-state index contributed by atoms with van der Waals surface area (Å²) in [5.74, 6) is -0.527. The van der Waals surface area contributed by atoms with E-state index in [0.717, 1.165) is 50.3 Å². The number of nitrogens with one attached hydrogen (secondary N) is 1. The standard InChI is InChI=1S/C28H32FN7O3/c1-3-34-9-11-35(12-10-34)20-6-4-5-19(15-20)32-28-31-17-24(29)27(33-28)36-18-23(26(30)37)22-16-21(7-8-25(22)36)39-14-13-38-2/h4-8,15-18H,3,9-14H2,1-2H3,(H2,30,37)(H,31,32,33). The van der Waals surface area contributed by atoms with Gasteiger partial charge < -0.3 is 30.3 Å². The fourth-order valence-corrected chi connectivity index (χ4v) is 4.73. The molecule has 0 radical (unpaired) electrons. The minimum Gasteiger partial charge on any atom is -0.491 e. The lowest BCUT2D eigenvalue weighted by molar-refractivity contribution is 0.100. The number of rotatable bonds is 10. The summed E-state index contributed by atoms with van der Waals surface area (Å²) >= 11 is 0. The number of likely N-dealkylation sites (N-methyl/N-ethyl adjacent to an activating group) is 1. The Morgan fingerprint density at radius 1 is 1.13 bits per heavy atom. The fraction of sp³-hybridized carbons (Fsp3) is 0.321. The molecule has 0 saturated carbocycles. The third-order valence-electron chi connectivity index (χ3n) is 6.84. The van der Waals surface area contributed by atoms with Gasteiger partial charge >= 0.3 is 0 Å². The van der Waals surface area contributed by atoms with E-state index in [4.69, 9.17) is 15.2 Å². The first-order valence-electron chi connectivity index (χ1n) is 12.9. The lowest BCUT2D eigenvalue weighted by Crippen LogP contribution is -2.46. The number of benzene rings is 2. The molecule has 3 N–H and O–H groups in total. The number of anilines is 3. The van der Waals surface area contributed by atoms with Gasteiger partial charge in [0.05, 0.1) is 23.9 Å². The van der Waals surface area contributed by atoms with Crippen molar-refractivity contribution < 1.29 is 18.7 Å². The average molecular weight is 534 g/mol. The predicted molar refractivity (Wildman–Crippen MR) is 149 cm³/mol. The van der Waals surface area contributed by atoms with Crippen LogP contribution in [-0.2, 0) is 4.74 Å². The number of halogens is 1. The topological polar surface area (TPSA) is 111 Å². The summed E-state index contributed by atoms with van der Waals surface area (Å²) in [5.41, 5.74) is 8.32. The smallest absolute Gasteiger partial charge is 0.250 e. The maximum Gasteiger partial charge on any atom is 0.250 e. The lowest BCUT2D eigenvalue weighted by Gasteiger charge is -2.35. The van der Waals surface area contributed by atoms with Crippen molar-refractivity contribution in [1.82, 2.24) is 19.4 Å². The Balaban J connectivity index is 1.43. The summed E-state index contributed by atoms with van der Waals surface area (Å²) in [6.07, 6.45) is 2.59. The predicted octanol–water partition coefficient (Wildman–Crippen LogP) is 3.57. The van der Waals surface area contributed by atoms with Crippen molar-refractivity contribution in [3.8, 4) is 11.6 Å². The quantitative estimate of drug-likeness (QED) is 0.298. The number of nitrogens with zero attached hydrogens (tertiary/aromatic N) is 5. The van der Waals surface area contributed by atoms with Crippen LogP contribution in [0.25, 0.3) is 16.7 Å². The molecule has 2 aromatic heterocycles. The summed E-state index contributed by atoms with van der Waals surface area (Å²) in [4.78, 5) is 25.6. The van der Waals surface area contributed by atoms with E-state index in [1.807, 2.05) is 18.2 Å². The van der Waals surface area contributed by atoms with E-state index in [-0.39, 0.29) is 17.3 Å². The van der Waals surface area contributed by atoms with Crippen LogP contribution < -0.4 is 20.7 Å². The summed E-state index contributed by atoms with van der Waals surface area (Å²) < 4.78 is 27.2. The molecule has 1 fully saturated rings. The monoisotopic (exact) mass is 533 g/mol. The first-order chi connectivity index (χ1) is 19.0. The van der Waals surface area contributed by atoms with Gasteiger partial charge in [-0.1, -0.05) is 13.0 Å². The highest BCUT2D eigenvalue weighted by atomic mass is 19.1. The minimum absolute atomic E-state index is 0.00936. The first-order valence-corrected chi connectivity index (χ1v) is 12.9. The Kier molecular flexibility index (Phi) is 7.89. The van der Waals surface area contributed by atoms with E-state index in [1.165, 1.54) is 10.8 Å². The molecule has 11 heteroatoms. The average Bonchev–Trinajstić information content (AvgIpc) is 3.33. The van der Waals surface area contributed by atoms with Crippen molar-refractivity contribution >= 4 is 34.1 Å². The summed E-state index contributed by atoms with van der Waals surface area (Å²) in [6.45, 7) is 7.96. The Morgan fingerprint density at radius 2 is 1.95 bits per heavy atom. The van der Waals surface area contributed by atoms with E-state index < -0.39 is 11.7 Å². The number of primary amides is 1. The number of amides is 1. The molecular formula is C28H32FN7O3. The molecule has 39 heavy (non-hydrogen) atoms. The van der Waals surface area contributed by atoms with Crippen LogP contribution in [0.3, 0.4) is 0 Å². The summed E-state index contributed by atoms with van der Waals surface area (Å²) in [7, 11) is 1.59. The lowest BCUT2D eigenvalue weighted by atomic mass is 10.1. The maximum absolute atomic E-state index is 15.0. The molecule has 1 amide bonds. The summed E-state index contributed by atoms with van der Waals surface area (Å²) in [6, 6.07) is 13.2. The first kappa shape index (κ1) is 26.4. The number of nitrogens with two attached hydrogens (primary N) is 1. The van der Waals surface area contributed by atoms with Gasteiger partial charge in [0.25, 0.3) is 5.91 Å². The molecule has 4 aromatic rings. The number of fused-ring (bicyclic) bond motifs is 1. The van der Waals surface area contributed by atoms with Crippen molar-refractivity contribution in [2.75, 3.05) is 63.3 Å². The van der Waals surface area contributed by atoms with Gasteiger partial charge in [-0.3, -0.25) is 9.36 Å². The number of carbonyl (C=O) groups is 1. The van der Waals surface area contributed by atoms with Crippen LogP contribution in [0.1, 0.15) is 17.3 Å². The second-order valence-corrected chi connectivity index (χ2v) is 9.26. The number of ether oxygens (including phenoxy) is 2. The van der Waals surface area contributed by atoms with Crippen molar-refractivity contribution in [1.29, 1.82) is 0 Å². The SMILES string of the molecule is CCN1CCN(c2cccc(Nc3ncc(F)c(-n4cc(C(N)=O)c5cc(OCCOC)ccc54)n3)c2)CC1. The molecule has 5 rings (SSSR count). The number of aromatic nitrogens is 3. The van der Waals surface area contributed by atoms with Crippen molar-refractivity contribution in [2.45, 2.75) is 6.92 Å². The van der Waals surface area contributed by atoms with Crippen LogP contribution in [0.5, 0.6) is 5.75 Å². The molecule has 0 atom stereocenters. The van der Waals surface area contributed by atoms with Gasteiger partial charge in [0, 0.05) is 56.2 Å². The third-order valence-corrected chi connectivity index (χ3v) is 6.84. The molecular weight excluding hydrogens is 501 g/mol. The summed E-state index contributed by atoms with van der Waals surface area (Å²) in [5, 5.41) is 3.72. The van der Waals surface area contributed by atoms with E-state index >= 15 is 4.39 Å². The molecule has 0 unspecified atom stereocenters. The number of carbonyl (C=O) groups excluding carboxylic acids is 1. The second-order valence-electron chi connectivity index (χ2n) is 9.26.